The maximum atomic E-state index is 12.9. The van der Waals surface area contributed by atoms with E-state index in [9.17, 15) is 9.59 Å². The van der Waals surface area contributed by atoms with Gasteiger partial charge in [0.1, 0.15) is 12.6 Å². The standard InChI is InChI=1S/C26H37N3O2/c1-18(2)23(28-24(30)19-12-14-22(15-13-19)26(3,4)5)25(31)27-16-20-10-8-9-11-21(20)17-29(6)7/h8-15,18,23H,16-17H2,1-7H3,(H,27,31)(H,28,30)/p+1/t23-/m0/s1. The Morgan fingerprint density at radius 2 is 1.52 bits per heavy atom. The summed E-state index contributed by atoms with van der Waals surface area (Å²) < 4.78 is 0. The monoisotopic (exact) mass is 424 g/mol. The van der Waals surface area contributed by atoms with Gasteiger partial charge in [0.25, 0.3) is 5.91 Å². The quantitative estimate of drug-likeness (QED) is 0.610. The molecule has 31 heavy (non-hydrogen) atoms. The molecule has 0 saturated carbocycles. The Kier molecular flexibility index (Phi) is 8.40. The van der Waals surface area contributed by atoms with Crippen molar-refractivity contribution >= 4 is 11.8 Å². The molecule has 0 unspecified atom stereocenters. The van der Waals surface area contributed by atoms with E-state index in [-0.39, 0.29) is 23.1 Å². The van der Waals surface area contributed by atoms with Gasteiger partial charge < -0.3 is 15.5 Å². The van der Waals surface area contributed by atoms with E-state index in [1.165, 1.54) is 16.0 Å². The van der Waals surface area contributed by atoms with Crippen molar-refractivity contribution in [3.05, 3.63) is 70.8 Å². The van der Waals surface area contributed by atoms with Crippen LogP contribution < -0.4 is 15.5 Å². The molecule has 168 valence electrons. The lowest BCUT2D eigenvalue weighted by Crippen LogP contribution is -3.04. The van der Waals surface area contributed by atoms with Gasteiger partial charge in [-0.05, 0) is 34.6 Å². The molecule has 0 aromatic heterocycles. The molecule has 0 fully saturated rings. The van der Waals surface area contributed by atoms with Gasteiger partial charge in [-0.15, -0.1) is 0 Å². The van der Waals surface area contributed by atoms with Crippen molar-refractivity contribution in [3.8, 4) is 0 Å². The number of quaternary nitrogens is 1. The topological polar surface area (TPSA) is 62.6 Å². The van der Waals surface area contributed by atoms with Crippen molar-refractivity contribution in [3.63, 3.8) is 0 Å². The van der Waals surface area contributed by atoms with Gasteiger partial charge in [0.05, 0.1) is 14.1 Å². The zero-order valence-electron chi connectivity index (χ0n) is 20.0. The van der Waals surface area contributed by atoms with Crippen LogP contribution in [0.2, 0.25) is 0 Å². The molecule has 2 amide bonds. The first-order valence-corrected chi connectivity index (χ1v) is 11.0. The van der Waals surface area contributed by atoms with E-state index >= 15 is 0 Å². The van der Waals surface area contributed by atoms with Crippen LogP contribution in [0.25, 0.3) is 0 Å². The van der Waals surface area contributed by atoms with Gasteiger partial charge in [-0.3, -0.25) is 9.59 Å². The van der Waals surface area contributed by atoms with E-state index in [2.05, 4.69) is 51.6 Å². The minimum absolute atomic E-state index is 0.0275. The van der Waals surface area contributed by atoms with Gasteiger partial charge in [-0.1, -0.05) is 71.0 Å². The third kappa shape index (κ3) is 7.21. The predicted molar refractivity (Wildman–Crippen MR) is 126 cm³/mol. The summed E-state index contributed by atoms with van der Waals surface area (Å²) in [7, 11) is 4.21. The van der Waals surface area contributed by atoms with Gasteiger partial charge in [-0.25, -0.2) is 0 Å². The molecule has 0 saturated heterocycles. The summed E-state index contributed by atoms with van der Waals surface area (Å²) in [5.41, 5.74) is 4.07. The van der Waals surface area contributed by atoms with Crippen molar-refractivity contribution < 1.29 is 14.5 Å². The Morgan fingerprint density at radius 1 is 0.935 bits per heavy atom. The molecule has 1 atom stereocenters. The van der Waals surface area contributed by atoms with E-state index < -0.39 is 6.04 Å². The maximum Gasteiger partial charge on any atom is 0.251 e. The zero-order valence-corrected chi connectivity index (χ0v) is 20.0. The molecule has 0 aliphatic heterocycles. The SMILES string of the molecule is CC(C)[C@H](NC(=O)c1ccc(C(C)(C)C)cc1)C(=O)NCc1ccccc1C[NH+](C)C. The molecule has 0 aliphatic rings. The average molecular weight is 425 g/mol. The van der Waals surface area contributed by atoms with Gasteiger partial charge in [0.2, 0.25) is 5.91 Å². The second kappa shape index (κ2) is 10.6. The fourth-order valence-corrected chi connectivity index (χ4v) is 3.46. The van der Waals surface area contributed by atoms with Crippen molar-refractivity contribution in [2.24, 2.45) is 5.92 Å². The van der Waals surface area contributed by atoms with E-state index in [1.54, 1.807) is 0 Å². The van der Waals surface area contributed by atoms with Gasteiger partial charge >= 0.3 is 0 Å². The number of carbonyl (C=O) groups is 2. The molecule has 5 heteroatoms. The lowest BCUT2D eigenvalue weighted by Gasteiger charge is -2.23. The van der Waals surface area contributed by atoms with Gasteiger partial charge in [-0.2, -0.15) is 0 Å². The minimum atomic E-state index is -0.596. The molecule has 0 heterocycles. The highest BCUT2D eigenvalue weighted by molar-refractivity contribution is 5.97. The first-order chi connectivity index (χ1) is 14.5. The predicted octanol–water partition coefficient (Wildman–Crippen LogP) is 2.70. The summed E-state index contributed by atoms with van der Waals surface area (Å²) in [6.07, 6.45) is 0. The molecule has 0 aliphatic carbocycles. The van der Waals surface area contributed by atoms with Crippen LogP contribution in [0.15, 0.2) is 48.5 Å². The summed E-state index contributed by atoms with van der Waals surface area (Å²) in [6.45, 7) is 11.6. The number of hydrogen-bond acceptors (Lipinski definition) is 2. The lowest BCUT2D eigenvalue weighted by molar-refractivity contribution is -0.872. The third-order valence-corrected chi connectivity index (χ3v) is 5.36. The van der Waals surface area contributed by atoms with Gasteiger partial charge in [0.15, 0.2) is 0 Å². The molecule has 0 radical (unpaired) electrons. The summed E-state index contributed by atoms with van der Waals surface area (Å²) in [5.74, 6) is -0.424. The van der Waals surface area contributed by atoms with Crippen molar-refractivity contribution in [1.82, 2.24) is 10.6 Å². The first-order valence-electron chi connectivity index (χ1n) is 11.0. The van der Waals surface area contributed by atoms with Crippen LogP contribution in [-0.2, 0) is 23.3 Å². The third-order valence-electron chi connectivity index (χ3n) is 5.36. The molecule has 3 N–H and O–H groups in total. The first kappa shape index (κ1) is 24.6. The molecule has 2 rings (SSSR count). The maximum absolute atomic E-state index is 12.9. The molecule has 2 aromatic carbocycles. The van der Waals surface area contributed by atoms with E-state index in [0.29, 0.717) is 12.1 Å². The Bertz CT molecular complexity index is 880. The fraction of sp³-hybridized carbons (Fsp3) is 0.462. The molecule has 0 spiro atoms. The Labute approximate surface area is 187 Å². The zero-order chi connectivity index (χ0) is 23.2. The van der Waals surface area contributed by atoms with Crippen molar-refractivity contribution in [2.45, 2.75) is 59.2 Å². The highest BCUT2D eigenvalue weighted by Gasteiger charge is 2.25. The summed E-state index contributed by atoms with van der Waals surface area (Å²) in [6, 6.07) is 15.1. The molecular weight excluding hydrogens is 386 g/mol. The van der Waals surface area contributed by atoms with Crippen LogP contribution in [0.1, 0.15) is 61.7 Å². The van der Waals surface area contributed by atoms with Crippen LogP contribution in [0, 0.1) is 5.92 Å². The number of nitrogens with one attached hydrogen (secondary N) is 3. The van der Waals surface area contributed by atoms with Crippen LogP contribution in [0.4, 0.5) is 0 Å². The largest absolute Gasteiger partial charge is 0.350 e. The normalized spacial score (nSPS) is 12.7. The highest BCUT2D eigenvalue weighted by atomic mass is 16.2. The summed E-state index contributed by atoms with van der Waals surface area (Å²) in [5, 5.41) is 5.94. The summed E-state index contributed by atoms with van der Waals surface area (Å²) >= 11 is 0. The highest BCUT2D eigenvalue weighted by Crippen LogP contribution is 2.22. The number of hydrogen-bond donors (Lipinski definition) is 3. The van der Waals surface area contributed by atoms with E-state index in [0.717, 1.165) is 12.1 Å². The van der Waals surface area contributed by atoms with Crippen molar-refractivity contribution in [1.29, 1.82) is 0 Å². The Balaban J connectivity index is 2.05. The minimum Gasteiger partial charge on any atom is -0.350 e. The Morgan fingerprint density at radius 3 is 2.03 bits per heavy atom. The second-order valence-corrected chi connectivity index (χ2v) is 9.89. The van der Waals surface area contributed by atoms with Crippen LogP contribution in [-0.4, -0.2) is 32.0 Å². The molecule has 5 nitrogen and oxygen atoms in total. The van der Waals surface area contributed by atoms with Crippen LogP contribution in [0.3, 0.4) is 0 Å². The van der Waals surface area contributed by atoms with Crippen LogP contribution in [0.5, 0.6) is 0 Å². The van der Waals surface area contributed by atoms with E-state index in [1.807, 2.05) is 56.3 Å². The van der Waals surface area contributed by atoms with Crippen molar-refractivity contribution in [2.75, 3.05) is 14.1 Å². The number of benzene rings is 2. The lowest BCUT2D eigenvalue weighted by atomic mass is 9.86. The molecular formula is C26H38N3O2+. The number of rotatable bonds is 8. The fourth-order valence-electron chi connectivity index (χ4n) is 3.46. The number of carbonyl (C=O) groups excluding carboxylic acids is 2. The van der Waals surface area contributed by atoms with E-state index in [4.69, 9.17) is 0 Å². The smallest absolute Gasteiger partial charge is 0.251 e. The molecule has 0 bridgehead atoms. The van der Waals surface area contributed by atoms with Gasteiger partial charge in [0, 0.05) is 17.7 Å². The molecule has 2 aromatic rings. The second-order valence-electron chi connectivity index (χ2n) is 9.89. The number of amides is 2. The Hall–Kier alpha value is -2.66. The average Bonchev–Trinajstić information content (AvgIpc) is 2.69. The summed E-state index contributed by atoms with van der Waals surface area (Å²) in [4.78, 5) is 27.0. The van der Waals surface area contributed by atoms with Crippen LogP contribution >= 0.6 is 0 Å².